The molecule has 44 heavy (non-hydrogen) atoms. The quantitative estimate of drug-likeness (QED) is 0.158. The van der Waals surface area contributed by atoms with Crippen LogP contribution >= 0.6 is 0 Å². The molecule has 0 aromatic heterocycles. The van der Waals surface area contributed by atoms with Crippen LogP contribution in [0.3, 0.4) is 0 Å². The zero-order valence-electron chi connectivity index (χ0n) is 27.2. The number of hydrogen-bond acceptors (Lipinski definition) is 5. The summed E-state index contributed by atoms with van der Waals surface area (Å²) in [6.45, 7) is 18.3. The molecule has 0 saturated carbocycles. The highest BCUT2D eigenvalue weighted by molar-refractivity contribution is 6.99. The second-order valence-corrected chi connectivity index (χ2v) is 18.4. The van der Waals surface area contributed by atoms with Crippen LogP contribution in [0.4, 0.5) is 0 Å². The molecule has 1 N–H and O–H groups in total. The number of ether oxygens (including phenoxy) is 3. The average molecular weight is 615 g/mol. The molecule has 2 aliphatic rings. The van der Waals surface area contributed by atoms with Crippen molar-refractivity contribution in [2.24, 2.45) is 11.3 Å². The molecule has 2 saturated heterocycles. The average Bonchev–Trinajstić information content (AvgIpc) is 3.20. The topological polar surface area (TPSA) is 57.2 Å². The fraction of sp³-hybridized carbons (Fsp3) is 0.474. The first-order chi connectivity index (χ1) is 20.9. The van der Waals surface area contributed by atoms with E-state index < -0.39 is 31.7 Å². The second-order valence-electron chi connectivity index (χ2n) is 14.1. The van der Waals surface area contributed by atoms with Crippen LogP contribution in [0.25, 0.3) is 0 Å². The SMILES string of the molecule is C=C[C@@H]1O[C@@]2(C[C@H](O[Si](c3ccccc3)(c3ccccc3)C(C)(C)C)[C@@H](C)[C@@H](CCOCc3ccccc3)O2)C(C)(C)[C@@H]1O. The molecular formula is C38H50O5Si. The van der Waals surface area contributed by atoms with Gasteiger partial charge in [-0.2, -0.15) is 0 Å². The minimum atomic E-state index is -2.87. The Labute approximate surface area is 265 Å². The molecule has 5 rings (SSSR count). The van der Waals surface area contributed by atoms with Crippen LogP contribution < -0.4 is 10.4 Å². The maximum atomic E-state index is 11.4. The first kappa shape index (κ1) is 32.8. The number of aliphatic hydroxyl groups is 1. The van der Waals surface area contributed by atoms with Crippen molar-refractivity contribution in [2.45, 2.75) is 96.2 Å². The van der Waals surface area contributed by atoms with Crippen LogP contribution in [0.2, 0.25) is 5.04 Å². The van der Waals surface area contributed by atoms with Gasteiger partial charge in [-0.15, -0.1) is 6.58 Å². The second kappa shape index (κ2) is 13.0. The van der Waals surface area contributed by atoms with Crippen molar-refractivity contribution in [2.75, 3.05) is 6.61 Å². The Kier molecular flexibility index (Phi) is 9.71. The molecule has 236 valence electrons. The third-order valence-electron chi connectivity index (χ3n) is 9.98. The van der Waals surface area contributed by atoms with Crippen molar-refractivity contribution >= 4 is 18.7 Å². The molecule has 0 amide bonds. The van der Waals surface area contributed by atoms with Crippen LogP contribution in [-0.2, 0) is 25.2 Å². The molecule has 0 aliphatic carbocycles. The molecule has 1 spiro atoms. The van der Waals surface area contributed by atoms with Crippen molar-refractivity contribution in [1.82, 2.24) is 0 Å². The lowest BCUT2D eigenvalue weighted by Crippen LogP contribution is -2.70. The van der Waals surface area contributed by atoms with Crippen LogP contribution in [0.5, 0.6) is 0 Å². The molecule has 6 atom stereocenters. The van der Waals surface area contributed by atoms with Gasteiger partial charge < -0.3 is 23.7 Å². The number of benzene rings is 3. The van der Waals surface area contributed by atoms with Crippen molar-refractivity contribution in [3.8, 4) is 0 Å². The lowest BCUT2D eigenvalue weighted by molar-refractivity contribution is -0.328. The molecule has 0 unspecified atom stereocenters. The van der Waals surface area contributed by atoms with Gasteiger partial charge in [-0.1, -0.05) is 139 Å². The summed E-state index contributed by atoms with van der Waals surface area (Å²) < 4.78 is 27.5. The highest BCUT2D eigenvalue weighted by Gasteiger charge is 2.65. The Morgan fingerprint density at radius 1 is 0.909 bits per heavy atom. The zero-order valence-corrected chi connectivity index (χ0v) is 28.2. The van der Waals surface area contributed by atoms with Gasteiger partial charge in [0, 0.05) is 24.4 Å². The van der Waals surface area contributed by atoms with Gasteiger partial charge in [0.15, 0.2) is 5.79 Å². The van der Waals surface area contributed by atoms with E-state index in [0.717, 1.165) is 5.56 Å². The zero-order chi connectivity index (χ0) is 31.6. The molecule has 2 fully saturated rings. The number of hydrogen-bond donors (Lipinski definition) is 1. The van der Waals surface area contributed by atoms with E-state index in [1.807, 2.05) is 32.0 Å². The third-order valence-corrected chi connectivity index (χ3v) is 15.0. The van der Waals surface area contributed by atoms with Crippen LogP contribution in [0.1, 0.15) is 59.9 Å². The van der Waals surface area contributed by atoms with E-state index in [0.29, 0.717) is 26.1 Å². The lowest BCUT2D eigenvalue weighted by Gasteiger charge is -2.54. The summed E-state index contributed by atoms with van der Waals surface area (Å²) in [6, 6.07) is 31.7. The first-order valence-electron chi connectivity index (χ1n) is 16.0. The number of rotatable bonds is 10. The van der Waals surface area contributed by atoms with Gasteiger partial charge in [0.2, 0.25) is 0 Å². The first-order valence-corrected chi connectivity index (χ1v) is 17.9. The summed E-state index contributed by atoms with van der Waals surface area (Å²) in [5.74, 6) is -0.986. The molecule has 5 nitrogen and oxygen atoms in total. The molecular weight excluding hydrogens is 564 g/mol. The highest BCUT2D eigenvalue weighted by atomic mass is 28.4. The summed E-state index contributed by atoms with van der Waals surface area (Å²) in [5.41, 5.74) is 0.453. The third kappa shape index (κ3) is 6.01. The summed E-state index contributed by atoms with van der Waals surface area (Å²) in [6.07, 6.45) is 1.22. The minimum Gasteiger partial charge on any atom is -0.404 e. The van der Waals surface area contributed by atoms with E-state index in [1.54, 1.807) is 6.08 Å². The molecule has 3 aromatic carbocycles. The van der Waals surface area contributed by atoms with Crippen molar-refractivity contribution in [1.29, 1.82) is 0 Å². The summed E-state index contributed by atoms with van der Waals surface area (Å²) >= 11 is 0. The summed E-state index contributed by atoms with van der Waals surface area (Å²) in [7, 11) is -2.87. The van der Waals surface area contributed by atoms with E-state index in [2.05, 4.69) is 107 Å². The van der Waals surface area contributed by atoms with Crippen molar-refractivity contribution in [3.05, 3.63) is 109 Å². The van der Waals surface area contributed by atoms with E-state index in [4.69, 9.17) is 18.6 Å². The van der Waals surface area contributed by atoms with Gasteiger partial charge in [-0.05, 0) is 27.4 Å². The summed E-state index contributed by atoms with van der Waals surface area (Å²) in [5, 5.41) is 13.7. The predicted molar refractivity (Wildman–Crippen MR) is 179 cm³/mol. The van der Waals surface area contributed by atoms with Crippen LogP contribution in [0, 0.1) is 11.3 Å². The van der Waals surface area contributed by atoms with Gasteiger partial charge >= 0.3 is 0 Å². The summed E-state index contributed by atoms with van der Waals surface area (Å²) in [4.78, 5) is 0. The molecule has 0 radical (unpaired) electrons. The van der Waals surface area contributed by atoms with E-state index in [1.165, 1.54) is 10.4 Å². The van der Waals surface area contributed by atoms with Gasteiger partial charge in [0.1, 0.15) is 6.10 Å². The Morgan fingerprint density at radius 2 is 1.45 bits per heavy atom. The van der Waals surface area contributed by atoms with Gasteiger partial charge in [-0.3, -0.25) is 0 Å². The van der Waals surface area contributed by atoms with Crippen molar-refractivity contribution < 1.29 is 23.7 Å². The Bertz CT molecular complexity index is 1320. The molecule has 2 aliphatic heterocycles. The number of aliphatic hydroxyl groups excluding tert-OH is 1. The Hall–Kier alpha value is -2.58. The highest BCUT2D eigenvalue weighted by Crippen LogP contribution is 2.55. The monoisotopic (exact) mass is 614 g/mol. The van der Waals surface area contributed by atoms with E-state index in [-0.39, 0.29) is 23.2 Å². The molecule has 2 heterocycles. The predicted octanol–water partition coefficient (Wildman–Crippen LogP) is 6.63. The Balaban J connectivity index is 1.53. The molecule has 3 aromatic rings. The van der Waals surface area contributed by atoms with Gasteiger partial charge in [0.25, 0.3) is 8.32 Å². The van der Waals surface area contributed by atoms with Crippen molar-refractivity contribution in [3.63, 3.8) is 0 Å². The van der Waals surface area contributed by atoms with Crippen LogP contribution in [0.15, 0.2) is 104 Å². The van der Waals surface area contributed by atoms with E-state index in [9.17, 15) is 5.11 Å². The molecule has 0 bridgehead atoms. The standard InChI is InChI=1S/C38H50O5Si/c1-8-32-35(39)37(6,7)38(41-32)26-34(28(2)33(42-38)24-25-40-27-29-18-12-9-13-19-29)43-44(36(3,4)5,30-20-14-10-15-21-30)31-22-16-11-17-23-31/h8-23,28,32-35,39H,1,24-27H2,2-7H3/t28-,32-,33+,34-,35+,38+/m0/s1. The van der Waals surface area contributed by atoms with Gasteiger partial charge in [0.05, 0.1) is 24.9 Å². The minimum absolute atomic E-state index is 0.0573. The normalized spacial score (nSPS) is 28.7. The maximum absolute atomic E-state index is 11.4. The smallest absolute Gasteiger partial charge is 0.261 e. The van der Waals surface area contributed by atoms with E-state index >= 15 is 0 Å². The fourth-order valence-electron chi connectivity index (χ4n) is 7.18. The lowest BCUT2D eigenvalue weighted by atomic mass is 9.73. The maximum Gasteiger partial charge on any atom is 0.261 e. The largest absolute Gasteiger partial charge is 0.404 e. The Morgan fingerprint density at radius 3 is 1.95 bits per heavy atom. The molecule has 6 heteroatoms. The van der Waals surface area contributed by atoms with Crippen LogP contribution in [-0.4, -0.2) is 50.2 Å². The van der Waals surface area contributed by atoms with Gasteiger partial charge in [-0.25, -0.2) is 0 Å². The fourth-order valence-corrected chi connectivity index (χ4v) is 11.9.